The largest absolute Gasteiger partial charge is 0.336 e. The Morgan fingerprint density at radius 3 is 2.72 bits per heavy atom. The van der Waals surface area contributed by atoms with Gasteiger partial charge in [0.05, 0.1) is 10.5 Å². The second-order valence-electron chi connectivity index (χ2n) is 4.22. The SMILES string of the molecule is CCN(C(=O)c1cccc([N+](=O)[O-])c1Br)C1CC1. The summed E-state index contributed by atoms with van der Waals surface area (Å²) in [4.78, 5) is 24.4. The van der Waals surface area contributed by atoms with Crippen molar-refractivity contribution >= 4 is 27.5 Å². The number of hydrogen-bond acceptors (Lipinski definition) is 3. The van der Waals surface area contributed by atoms with E-state index < -0.39 is 4.92 Å². The molecule has 0 spiro atoms. The molecule has 0 atom stereocenters. The molecule has 0 aromatic heterocycles. The van der Waals surface area contributed by atoms with Gasteiger partial charge in [-0.25, -0.2) is 0 Å². The summed E-state index contributed by atoms with van der Waals surface area (Å²) in [5.74, 6) is -0.143. The molecule has 0 bridgehead atoms. The lowest BCUT2D eigenvalue weighted by Crippen LogP contribution is -2.33. The van der Waals surface area contributed by atoms with Crippen LogP contribution in [0.4, 0.5) is 5.69 Å². The summed E-state index contributed by atoms with van der Waals surface area (Å²) in [6.07, 6.45) is 2.04. The zero-order valence-electron chi connectivity index (χ0n) is 9.93. The van der Waals surface area contributed by atoms with Crippen LogP contribution in [0, 0.1) is 10.1 Å². The monoisotopic (exact) mass is 312 g/mol. The highest BCUT2D eigenvalue weighted by atomic mass is 79.9. The van der Waals surface area contributed by atoms with Gasteiger partial charge in [-0.15, -0.1) is 0 Å². The quantitative estimate of drug-likeness (QED) is 0.634. The van der Waals surface area contributed by atoms with Crippen molar-refractivity contribution < 1.29 is 9.72 Å². The van der Waals surface area contributed by atoms with Crippen LogP contribution in [0.25, 0.3) is 0 Å². The predicted octanol–water partition coefficient (Wildman–Crippen LogP) is 2.98. The van der Waals surface area contributed by atoms with Gasteiger partial charge in [-0.3, -0.25) is 14.9 Å². The van der Waals surface area contributed by atoms with Gasteiger partial charge in [-0.2, -0.15) is 0 Å². The first-order valence-electron chi connectivity index (χ1n) is 5.80. The first-order valence-corrected chi connectivity index (χ1v) is 6.59. The summed E-state index contributed by atoms with van der Waals surface area (Å²) in [6, 6.07) is 4.84. The van der Waals surface area contributed by atoms with Gasteiger partial charge in [-0.1, -0.05) is 6.07 Å². The van der Waals surface area contributed by atoms with Gasteiger partial charge < -0.3 is 4.90 Å². The minimum atomic E-state index is -0.492. The fraction of sp³-hybridized carbons (Fsp3) is 0.417. The number of nitrogens with zero attached hydrogens (tertiary/aromatic N) is 2. The van der Waals surface area contributed by atoms with Gasteiger partial charge >= 0.3 is 0 Å². The Labute approximate surface area is 113 Å². The van der Waals surface area contributed by atoms with E-state index in [2.05, 4.69) is 15.9 Å². The second-order valence-corrected chi connectivity index (χ2v) is 5.01. The predicted molar refractivity (Wildman–Crippen MR) is 70.5 cm³/mol. The molecule has 1 aromatic carbocycles. The highest BCUT2D eigenvalue weighted by Crippen LogP contribution is 2.32. The van der Waals surface area contributed by atoms with E-state index in [0.29, 0.717) is 18.2 Å². The average Bonchev–Trinajstić information content (AvgIpc) is 3.14. The third-order valence-corrected chi connectivity index (χ3v) is 3.83. The van der Waals surface area contributed by atoms with E-state index in [4.69, 9.17) is 0 Å². The second kappa shape index (κ2) is 5.06. The van der Waals surface area contributed by atoms with E-state index in [0.717, 1.165) is 12.8 Å². The van der Waals surface area contributed by atoms with Crippen molar-refractivity contribution in [3.8, 4) is 0 Å². The van der Waals surface area contributed by atoms with Crippen LogP contribution >= 0.6 is 15.9 Å². The Morgan fingerprint density at radius 2 is 2.22 bits per heavy atom. The van der Waals surface area contributed by atoms with Crippen LogP contribution in [0.1, 0.15) is 30.1 Å². The molecule has 1 aliphatic rings. The highest BCUT2D eigenvalue weighted by Gasteiger charge is 2.33. The fourth-order valence-corrected chi connectivity index (χ4v) is 2.51. The number of amides is 1. The van der Waals surface area contributed by atoms with E-state index in [9.17, 15) is 14.9 Å². The van der Waals surface area contributed by atoms with Crippen LogP contribution in [-0.4, -0.2) is 28.3 Å². The van der Waals surface area contributed by atoms with Gasteiger partial charge in [0, 0.05) is 18.7 Å². The lowest BCUT2D eigenvalue weighted by molar-refractivity contribution is -0.385. The van der Waals surface area contributed by atoms with E-state index >= 15 is 0 Å². The summed E-state index contributed by atoms with van der Waals surface area (Å²) >= 11 is 3.16. The zero-order chi connectivity index (χ0) is 13.3. The van der Waals surface area contributed by atoms with Gasteiger partial charge in [-0.05, 0) is 41.8 Å². The van der Waals surface area contributed by atoms with Crippen molar-refractivity contribution in [3.05, 3.63) is 38.3 Å². The number of carbonyl (C=O) groups excluding carboxylic acids is 1. The standard InChI is InChI=1S/C12H13BrN2O3/c1-2-14(8-6-7-8)12(16)9-4-3-5-10(11(9)13)15(17)18/h3-5,8H,2,6-7H2,1H3. The van der Waals surface area contributed by atoms with Gasteiger partial charge in [0.2, 0.25) is 0 Å². The summed E-state index contributed by atoms with van der Waals surface area (Å²) in [6.45, 7) is 2.54. The molecular weight excluding hydrogens is 300 g/mol. The molecule has 0 radical (unpaired) electrons. The molecule has 2 rings (SSSR count). The normalized spacial score (nSPS) is 14.3. The molecule has 18 heavy (non-hydrogen) atoms. The number of nitro benzene ring substituents is 1. The lowest BCUT2D eigenvalue weighted by atomic mass is 10.1. The Hall–Kier alpha value is -1.43. The molecule has 0 unspecified atom stereocenters. The van der Waals surface area contributed by atoms with Crippen molar-refractivity contribution in [1.82, 2.24) is 4.90 Å². The molecule has 0 aliphatic heterocycles. The maximum atomic E-state index is 12.3. The zero-order valence-corrected chi connectivity index (χ0v) is 11.5. The molecule has 1 fully saturated rings. The molecule has 5 nitrogen and oxygen atoms in total. The Kier molecular flexibility index (Phi) is 3.65. The smallest absolute Gasteiger partial charge is 0.284 e. The fourth-order valence-electron chi connectivity index (χ4n) is 1.93. The highest BCUT2D eigenvalue weighted by molar-refractivity contribution is 9.10. The van der Waals surface area contributed by atoms with Crippen LogP contribution in [0.3, 0.4) is 0 Å². The van der Waals surface area contributed by atoms with E-state index in [1.54, 1.807) is 11.0 Å². The number of carbonyl (C=O) groups is 1. The summed E-state index contributed by atoms with van der Waals surface area (Å²) in [7, 11) is 0. The Morgan fingerprint density at radius 1 is 1.56 bits per heavy atom. The number of halogens is 1. The third-order valence-electron chi connectivity index (χ3n) is 2.99. The average molecular weight is 313 g/mol. The molecule has 6 heteroatoms. The van der Waals surface area contributed by atoms with Crippen LogP contribution in [-0.2, 0) is 0 Å². The molecule has 1 amide bonds. The number of rotatable bonds is 4. The molecule has 1 aliphatic carbocycles. The number of nitro groups is 1. The molecule has 1 saturated carbocycles. The summed E-state index contributed by atoms with van der Waals surface area (Å²) < 4.78 is 0.263. The Bertz CT molecular complexity index is 500. The van der Waals surface area contributed by atoms with E-state index in [-0.39, 0.29) is 16.1 Å². The molecule has 0 saturated heterocycles. The van der Waals surface area contributed by atoms with Crippen LogP contribution < -0.4 is 0 Å². The van der Waals surface area contributed by atoms with Crippen molar-refractivity contribution in [3.63, 3.8) is 0 Å². The first-order chi connectivity index (χ1) is 8.56. The van der Waals surface area contributed by atoms with Crippen LogP contribution in [0.15, 0.2) is 22.7 Å². The topological polar surface area (TPSA) is 63.5 Å². The molecular formula is C12H13BrN2O3. The maximum absolute atomic E-state index is 12.3. The first kappa shape index (κ1) is 13.0. The Balaban J connectivity index is 2.35. The van der Waals surface area contributed by atoms with E-state index in [1.165, 1.54) is 12.1 Å². The molecule has 1 aromatic rings. The lowest BCUT2D eigenvalue weighted by Gasteiger charge is -2.20. The minimum absolute atomic E-state index is 0.0762. The summed E-state index contributed by atoms with van der Waals surface area (Å²) in [5.41, 5.74) is 0.283. The van der Waals surface area contributed by atoms with Crippen molar-refractivity contribution in [2.24, 2.45) is 0 Å². The van der Waals surface area contributed by atoms with Crippen LogP contribution in [0.5, 0.6) is 0 Å². The maximum Gasteiger partial charge on any atom is 0.284 e. The minimum Gasteiger partial charge on any atom is -0.336 e. The van der Waals surface area contributed by atoms with Gasteiger partial charge in [0.25, 0.3) is 11.6 Å². The van der Waals surface area contributed by atoms with Gasteiger partial charge in [0.1, 0.15) is 4.47 Å². The molecule has 0 heterocycles. The van der Waals surface area contributed by atoms with E-state index in [1.807, 2.05) is 6.92 Å². The summed E-state index contributed by atoms with van der Waals surface area (Å²) in [5, 5.41) is 10.8. The molecule has 0 N–H and O–H groups in total. The van der Waals surface area contributed by atoms with Crippen LogP contribution in [0.2, 0.25) is 0 Å². The number of hydrogen-bond donors (Lipinski definition) is 0. The van der Waals surface area contributed by atoms with Crippen molar-refractivity contribution in [1.29, 1.82) is 0 Å². The van der Waals surface area contributed by atoms with Crippen molar-refractivity contribution in [2.45, 2.75) is 25.8 Å². The number of benzene rings is 1. The molecule has 96 valence electrons. The van der Waals surface area contributed by atoms with Gasteiger partial charge in [0.15, 0.2) is 0 Å². The van der Waals surface area contributed by atoms with Crippen molar-refractivity contribution in [2.75, 3.05) is 6.54 Å². The third kappa shape index (κ3) is 2.38.